The normalized spacial score (nSPS) is 15.0. The van der Waals surface area contributed by atoms with E-state index in [2.05, 4.69) is 14.9 Å². The molecule has 1 saturated carbocycles. The fourth-order valence-electron chi connectivity index (χ4n) is 2.24. The molecule has 0 aromatic carbocycles. The number of carbonyl (C=O) groups is 1. The molecule has 0 saturated heterocycles. The van der Waals surface area contributed by atoms with Crippen molar-refractivity contribution in [3.8, 4) is 0 Å². The van der Waals surface area contributed by atoms with Crippen LogP contribution in [0.1, 0.15) is 35.8 Å². The van der Waals surface area contributed by atoms with Gasteiger partial charge in [-0.3, -0.25) is 4.79 Å². The van der Waals surface area contributed by atoms with Crippen LogP contribution in [0.5, 0.6) is 0 Å². The van der Waals surface area contributed by atoms with Gasteiger partial charge in [-0.1, -0.05) is 11.6 Å². The Kier molecular flexibility index (Phi) is 3.25. The highest BCUT2D eigenvalue weighted by atomic mass is 35.5. The molecular weight excluding hydrogens is 262 g/mol. The number of halogens is 1. The Morgan fingerprint density at radius 2 is 2.26 bits per heavy atom. The van der Waals surface area contributed by atoms with E-state index in [0.29, 0.717) is 22.6 Å². The zero-order valence-corrected chi connectivity index (χ0v) is 11.1. The van der Waals surface area contributed by atoms with Gasteiger partial charge in [-0.15, -0.1) is 0 Å². The first-order valence-corrected chi connectivity index (χ1v) is 6.71. The number of anilines is 1. The van der Waals surface area contributed by atoms with Gasteiger partial charge in [0.05, 0.1) is 0 Å². The third kappa shape index (κ3) is 2.49. The lowest BCUT2D eigenvalue weighted by molar-refractivity contribution is 0.101. The van der Waals surface area contributed by atoms with Crippen molar-refractivity contribution in [2.75, 3.05) is 5.32 Å². The summed E-state index contributed by atoms with van der Waals surface area (Å²) in [5.41, 5.74) is 1.35. The lowest BCUT2D eigenvalue weighted by Crippen LogP contribution is -2.23. The summed E-state index contributed by atoms with van der Waals surface area (Å²) in [6.45, 7) is 0. The summed E-state index contributed by atoms with van der Waals surface area (Å²) >= 11 is 5.80. The third-order valence-corrected chi connectivity index (χ3v) is 3.67. The molecule has 2 aromatic rings. The smallest absolute Gasteiger partial charge is 0.272 e. The Labute approximate surface area is 116 Å². The molecule has 1 amide bonds. The van der Waals surface area contributed by atoms with Gasteiger partial charge in [0.25, 0.3) is 5.91 Å². The summed E-state index contributed by atoms with van der Waals surface area (Å²) in [6.07, 6.45) is 7.08. The van der Waals surface area contributed by atoms with Crippen molar-refractivity contribution in [1.82, 2.24) is 9.55 Å². The second-order valence-corrected chi connectivity index (χ2v) is 5.09. The molecule has 1 aliphatic rings. The van der Waals surface area contributed by atoms with E-state index in [-0.39, 0.29) is 5.91 Å². The predicted octanol–water partition coefficient (Wildman–Crippen LogP) is 3.51. The van der Waals surface area contributed by atoms with Crippen LogP contribution in [0.2, 0.25) is 5.15 Å². The van der Waals surface area contributed by atoms with E-state index in [0.717, 1.165) is 12.8 Å². The average Bonchev–Trinajstić information content (AvgIpc) is 2.75. The van der Waals surface area contributed by atoms with Gasteiger partial charge in [0.1, 0.15) is 10.8 Å². The van der Waals surface area contributed by atoms with E-state index in [1.165, 1.54) is 6.42 Å². The van der Waals surface area contributed by atoms with Gasteiger partial charge in [0, 0.05) is 24.1 Å². The first kappa shape index (κ1) is 12.2. The number of nitrogens with one attached hydrogen (secondary N) is 1. The van der Waals surface area contributed by atoms with Gasteiger partial charge < -0.3 is 9.88 Å². The molecule has 0 spiro atoms. The molecule has 2 heterocycles. The molecule has 1 N–H and O–H groups in total. The minimum Gasteiger partial charge on any atom is -0.340 e. The van der Waals surface area contributed by atoms with E-state index < -0.39 is 0 Å². The Hall–Kier alpha value is -1.81. The van der Waals surface area contributed by atoms with Crippen LogP contribution in [0, 0.1) is 0 Å². The van der Waals surface area contributed by atoms with E-state index in [1.807, 2.05) is 18.3 Å². The molecule has 0 bridgehead atoms. The van der Waals surface area contributed by atoms with E-state index >= 15 is 0 Å². The molecule has 2 aromatic heterocycles. The minimum absolute atomic E-state index is 0.112. The first-order chi connectivity index (χ1) is 9.24. The van der Waals surface area contributed by atoms with Crippen molar-refractivity contribution in [3.05, 3.63) is 47.5 Å². The maximum Gasteiger partial charge on any atom is 0.272 e. The number of rotatable bonds is 3. The summed E-state index contributed by atoms with van der Waals surface area (Å²) in [6, 6.07) is 7.58. The van der Waals surface area contributed by atoms with Gasteiger partial charge in [-0.2, -0.15) is 0 Å². The highest BCUT2D eigenvalue weighted by Gasteiger charge is 2.23. The van der Waals surface area contributed by atoms with Crippen LogP contribution in [0.3, 0.4) is 0 Å². The monoisotopic (exact) mass is 275 g/mol. The molecule has 4 nitrogen and oxygen atoms in total. The lowest BCUT2D eigenvalue weighted by Gasteiger charge is -2.28. The van der Waals surface area contributed by atoms with Crippen LogP contribution < -0.4 is 5.32 Å². The average molecular weight is 276 g/mol. The summed E-state index contributed by atoms with van der Waals surface area (Å²) in [7, 11) is 0. The van der Waals surface area contributed by atoms with E-state index in [1.54, 1.807) is 18.3 Å². The molecular formula is C14H14ClN3O. The summed E-state index contributed by atoms with van der Waals surface area (Å²) < 4.78 is 2.06. The van der Waals surface area contributed by atoms with Crippen molar-refractivity contribution < 1.29 is 4.79 Å². The van der Waals surface area contributed by atoms with Crippen LogP contribution in [0.25, 0.3) is 0 Å². The standard InChI is InChI=1S/C14H14ClN3O/c15-13-9-10(6-7-16-13)17-14(19)12-5-2-8-18(12)11-3-1-4-11/h2,5-9,11H,1,3-4H2,(H,16,17,19). The van der Waals surface area contributed by atoms with Gasteiger partial charge in [0.15, 0.2) is 0 Å². The summed E-state index contributed by atoms with van der Waals surface area (Å²) in [5, 5.41) is 3.21. The first-order valence-electron chi connectivity index (χ1n) is 6.34. The van der Waals surface area contributed by atoms with Crippen LogP contribution in [0.4, 0.5) is 5.69 Å². The number of aromatic nitrogens is 2. The van der Waals surface area contributed by atoms with Crippen molar-refractivity contribution in [2.45, 2.75) is 25.3 Å². The van der Waals surface area contributed by atoms with Crippen LogP contribution in [-0.4, -0.2) is 15.5 Å². The molecule has 19 heavy (non-hydrogen) atoms. The zero-order valence-electron chi connectivity index (χ0n) is 10.3. The maximum atomic E-state index is 12.3. The second kappa shape index (κ2) is 5.05. The highest BCUT2D eigenvalue weighted by Crippen LogP contribution is 2.32. The third-order valence-electron chi connectivity index (χ3n) is 3.46. The number of amides is 1. The largest absolute Gasteiger partial charge is 0.340 e. The van der Waals surface area contributed by atoms with Crippen LogP contribution in [0.15, 0.2) is 36.7 Å². The Balaban J connectivity index is 1.79. The Morgan fingerprint density at radius 3 is 2.95 bits per heavy atom. The molecule has 0 unspecified atom stereocenters. The second-order valence-electron chi connectivity index (χ2n) is 4.71. The van der Waals surface area contributed by atoms with Crippen LogP contribution >= 0.6 is 11.6 Å². The van der Waals surface area contributed by atoms with Gasteiger partial charge in [-0.05, 0) is 43.5 Å². The number of nitrogens with zero attached hydrogens (tertiary/aromatic N) is 2. The van der Waals surface area contributed by atoms with Gasteiger partial charge in [0.2, 0.25) is 0 Å². The topological polar surface area (TPSA) is 46.9 Å². The zero-order chi connectivity index (χ0) is 13.2. The lowest BCUT2D eigenvalue weighted by atomic mass is 9.93. The SMILES string of the molecule is O=C(Nc1ccnc(Cl)c1)c1cccn1C1CCC1. The van der Waals surface area contributed by atoms with E-state index in [9.17, 15) is 4.79 Å². The van der Waals surface area contributed by atoms with Gasteiger partial charge >= 0.3 is 0 Å². The maximum absolute atomic E-state index is 12.3. The molecule has 0 radical (unpaired) electrons. The minimum atomic E-state index is -0.112. The van der Waals surface area contributed by atoms with E-state index in [4.69, 9.17) is 11.6 Å². The Bertz CT molecular complexity index is 604. The summed E-state index contributed by atoms with van der Waals surface area (Å²) in [4.78, 5) is 16.1. The molecule has 1 aliphatic carbocycles. The number of carbonyl (C=O) groups excluding carboxylic acids is 1. The molecule has 3 rings (SSSR count). The van der Waals surface area contributed by atoms with Gasteiger partial charge in [-0.25, -0.2) is 4.98 Å². The van der Waals surface area contributed by atoms with Crippen LogP contribution in [-0.2, 0) is 0 Å². The molecule has 98 valence electrons. The number of pyridine rings is 1. The van der Waals surface area contributed by atoms with Crippen molar-refractivity contribution >= 4 is 23.2 Å². The summed E-state index contributed by atoms with van der Waals surface area (Å²) in [5.74, 6) is -0.112. The van der Waals surface area contributed by atoms with Crippen molar-refractivity contribution in [3.63, 3.8) is 0 Å². The predicted molar refractivity (Wildman–Crippen MR) is 74.5 cm³/mol. The Morgan fingerprint density at radius 1 is 1.42 bits per heavy atom. The highest BCUT2D eigenvalue weighted by molar-refractivity contribution is 6.29. The van der Waals surface area contributed by atoms with Crippen molar-refractivity contribution in [2.24, 2.45) is 0 Å². The van der Waals surface area contributed by atoms with Crippen molar-refractivity contribution in [1.29, 1.82) is 0 Å². The quantitative estimate of drug-likeness (QED) is 0.871. The molecule has 0 atom stereocenters. The molecule has 1 fully saturated rings. The molecule has 5 heteroatoms. The fourth-order valence-corrected chi connectivity index (χ4v) is 2.42. The molecule has 0 aliphatic heterocycles. The number of hydrogen-bond acceptors (Lipinski definition) is 2. The number of hydrogen-bond donors (Lipinski definition) is 1. The fraction of sp³-hybridized carbons (Fsp3) is 0.286.